The zero-order valence-electron chi connectivity index (χ0n) is 11.4. The first-order valence-electron chi connectivity index (χ1n) is 5.99. The molecule has 1 aromatic heterocycles. The van der Waals surface area contributed by atoms with Crippen LogP contribution in [0.15, 0.2) is 23.4 Å². The number of nitrogens with one attached hydrogen (secondary N) is 2. The predicted molar refractivity (Wildman–Crippen MR) is 73.3 cm³/mol. The summed E-state index contributed by atoms with van der Waals surface area (Å²) in [4.78, 5) is 14.9. The van der Waals surface area contributed by atoms with Gasteiger partial charge in [0.25, 0.3) is 0 Å². The Labute approximate surface area is 121 Å². The SMILES string of the molecule is Cc1cc(C)c(S(=O)(=O)NCc2ncn[nH]2)cc1C(=O)O. The van der Waals surface area contributed by atoms with Crippen molar-refractivity contribution < 1.29 is 18.3 Å². The Balaban J connectivity index is 2.35. The summed E-state index contributed by atoms with van der Waals surface area (Å²) in [7, 11) is -3.84. The van der Waals surface area contributed by atoms with Crippen molar-refractivity contribution in [1.82, 2.24) is 19.9 Å². The fourth-order valence-corrected chi connectivity index (χ4v) is 3.15. The molecule has 2 aromatic rings. The minimum Gasteiger partial charge on any atom is -0.478 e. The number of nitrogens with zero attached hydrogens (tertiary/aromatic N) is 2. The molecule has 0 atom stereocenters. The van der Waals surface area contributed by atoms with E-state index in [0.29, 0.717) is 17.0 Å². The summed E-state index contributed by atoms with van der Waals surface area (Å²) >= 11 is 0. The molecule has 0 radical (unpaired) electrons. The molecule has 0 bridgehead atoms. The van der Waals surface area contributed by atoms with Crippen molar-refractivity contribution in [3.05, 3.63) is 41.0 Å². The van der Waals surface area contributed by atoms with Gasteiger partial charge >= 0.3 is 5.97 Å². The summed E-state index contributed by atoms with van der Waals surface area (Å²) in [5.41, 5.74) is 0.942. The van der Waals surface area contributed by atoms with Crippen LogP contribution in [-0.2, 0) is 16.6 Å². The van der Waals surface area contributed by atoms with E-state index in [4.69, 9.17) is 5.11 Å². The maximum absolute atomic E-state index is 12.3. The highest BCUT2D eigenvalue weighted by Crippen LogP contribution is 2.20. The number of aryl methyl sites for hydroxylation is 2. The van der Waals surface area contributed by atoms with Gasteiger partial charge in [-0.05, 0) is 31.0 Å². The summed E-state index contributed by atoms with van der Waals surface area (Å²) in [6, 6.07) is 2.70. The van der Waals surface area contributed by atoms with E-state index < -0.39 is 16.0 Å². The molecule has 0 unspecified atom stereocenters. The molecule has 0 amide bonds. The summed E-state index contributed by atoms with van der Waals surface area (Å²) in [6.45, 7) is 3.18. The molecule has 8 nitrogen and oxygen atoms in total. The Kier molecular flexibility index (Phi) is 4.05. The van der Waals surface area contributed by atoms with Crippen molar-refractivity contribution in [2.75, 3.05) is 0 Å². The van der Waals surface area contributed by atoms with E-state index in [-0.39, 0.29) is 17.0 Å². The summed E-state index contributed by atoms with van der Waals surface area (Å²) in [5.74, 6) is -0.805. The van der Waals surface area contributed by atoms with Gasteiger partial charge in [0.2, 0.25) is 10.0 Å². The Hall–Kier alpha value is -2.26. The molecule has 3 N–H and O–H groups in total. The molecule has 9 heteroatoms. The van der Waals surface area contributed by atoms with E-state index in [2.05, 4.69) is 19.9 Å². The number of aromatic nitrogens is 3. The van der Waals surface area contributed by atoms with Crippen LogP contribution in [0.4, 0.5) is 0 Å². The number of H-pyrrole nitrogens is 1. The Morgan fingerprint density at radius 3 is 2.62 bits per heavy atom. The lowest BCUT2D eigenvalue weighted by Gasteiger charge is -2.11. The molecule has 112 valence electrons. The number of carboxylic acids is 1. The molecule has 1 heterocycles. The molecule has 1 aromatic carbocycles. The van der Waals surface area contributed by atoms with Crippen molar-refractivity contribution in [1.29, 1.82) is 0 Å². The number of carbonyl (C=O) groups is 1. The van der Waals surface area contributed by atoms with Gasteiger partial charge < -0.3 is 5.11 Å². The monoisotopic (exact) mass is 310 g/mol. The number of rotatable bonds is 5. The molecule has 0 aliphatic rings. The first-order valence-corrected chi connectivity index (χ1v) is 7.48. The maximum atomic E-state index is 12.3. The van der Waals surface area contributed by atoms with Gasteiger partial charge in [-0.25, -0.2) is 22.9 Å². The van der Waals surface area contributed by atoms with Crippen LogP contribution in [0.1, 0.15) is 27.3 Å². The molecule has 0 spiro atoms. The molecule has 0 aliphatic heterocycles. The highest BCUT2D eigenvalue weighted by Gasteiger charge is 2.20. The van der Waals surface area contributed by atoms with Gasteiger partial charge in [-0.15, -0.1) is 0 Å². The van der Waals surface area contributed by atoms with Crippen LogP contribution in [0.2, 0.25) is 0 Å². The fraction of sp³-hybridized carbons (Fsp3) is 0.250. The van der Waals surface area contributed by atoms with Crippen LogP contribution in [0.3, 0.4) is 0 Å². The predicted octanol–water partition coefficient (Wildman–Crippen LogP) is 0.598. The van der Waals surface area contributed by atoms with Crippen LogP contribution in [0.25, 0.3) is 0 Å². The number of carboxylic acid groups (broad SMARTS) is 1. The van der Waals surface area contributed by atoms with Gasteiger partial charge in [-0.2, -0.15) is 5.10 Å². The van der Waals surface area contributed by atoms with Crippen LogP contribution in [-0.4, -0.2) is 34.7 Å². The van der Waals surface area contributed by atoms with E-state index in [1.165, 1.54) is 12.4 Å². The topological polar surface area (TPSA) is 125 Å². The largest absolute Gasteiger partial charge is 0.478 e. The molecule has 21 heavy (non-hydrogen) atoms. The van der Waals surface area contributed by atoms with E-state index >= 15 is 0 Å². The van der Waals surface area contributed by atoms with Gasteiger partial charge in [0, 0.05) is 0 Å². The smallest absolute Gasteiger partial charge is 0.335 e. The van der Waals surface area contributed by atoms with Crippen molar-refractivity contribution in [3.8, 4) is 0 Å². The van der Waals surface area contributed by atoms with Crippen LogP contribution in [0, 0.1) is 13.8 Å². The van der Waals surface area contributed by atoms with Gasteiger partial charge in [0.1, 0.15) is 12.2 Å². The van der Waals surface area contributed by atoms with Crippen LogP contribution < -0.4 is 4.72 Å². The maximum Gasteiger partial charge on any atom is 0.335 e. The summed E-state index contributed by atoms with van der Waals surface area (Å²) in [5, 5.41) is 15.2. The highest BCUT2D eigenvalue weighted by atomic mass is 32.2. The average Bonchev–Trinajstić information content (AvgIpc) is 2.88. The fourth-order valence-electron chi connectivity index (χ4n) is 1.91. The van der Waals surface area contributed by atoms with Gasteiger partial charge in [-0.1, -0.05) is 6.07 Å². The second-order valence-electron chi connectivity index (χ2n) is 4.49. The molecule has 0 fully saturated rings. The zero-order chi connectivity index (χ0) is 15.6. The first kappa shape index (κ1) is 15.1. The molecular weight excluding hydrogens is 296 g/mol. The highest BCUT2D eigenvalue weighted by molar-refractivity contribution is 7.89. The number of aromatic amines is 1. The van der Waals surface area contributed by atoms with E-state index in [1.807, 2.05) is 0 Å². The third-order valence-corrected chi connectivity index (χ3v) is 4.48. The normalized spacial score (nSPS) is 11.5. The van der Waals surface area contributed by atoms with Crippen molar-refractivity contribution >= 4 is 16.0 Å². The van der Waals surface area contributed by atoms with E-state index in [0.717, 1.165) is 6.07 Å². The minimum absolute atomic E-state index is 0.0411. The number of benzene rings is 1. The minimum atomic E-state index is -3.84. The molecule has 0 aliphatic carbocycles. The average molecular weight is 310 g/mol. The Morgan fingerprint density at radius 1 is 1.33 bits per heavy atom. The summed E-state index contributed by atoms with van der Waals surface area (Å²) in [6.07, 6.45) is 1.27. The van der Waals surface area contributed by atoms with Crippen LogP contribution >= 0.6 is 0 Å². The number of hydrogen-bond acceptors (Lipinski definition) is 5. The van der Waals surface area contributed by atoms with Crippen molar-refractivity contribution in [3.63, 3.8) is 0 Å². The molecule has 2 rings (SSSR count). The Bertz CT molecular complexity index is 769. The number of sulfonamides is 1. The van der Waals surface area contributed by atoms with Gasteiger partial charge in [0.15, 0.2) is 0 Å². The third-order valence-electron chi connectivity index (χ3n) is 2.94. The number of hydrogen-bond donors (Lipinski definition) is 3. The van der Waals surface area contributed by atoms with Gasteiger partial charge in [-0.3, -0.25) is 5.10 Å². The second kappa shape index (κ2) is 5.62. The van der Waals surface area contributed by atoms with Crippen molar-refractivity contribution in [2.24, 2.45) is 0 Å². The lowest BCUT2D eigenvalue weighted by Crippen LogP contribution is -2.25. The molecule has 0 saturated carbocycles. The summed E-state index contributed by atoms with van der Waals surface area (Å²) < 4.78 is 26.9. The zero-order valence-corrected chi connectivity index (χ0v) is 12.2. The van der Waals surface area contributed by atoms with E-state index in [1.54, 1.807) is 13.8 Å². The lowest BCUT2D eigenvalue weighted by atomic mass is 10.1. The second-order valence-corrected chi connectivity index (χ2v) is 6.23. The molecular formula is C12H14N4O4S. The Morgan fingerprint density at radius 2 is 2.05 bits per heavy atom. The van der Waals surface area contributed by atoms with Crippen molar-refractivity contribution in [2.45, 2.75) is 25.3 Å². The quantitative estimate of drug-likeness (QED) is 0.742. The first-order chi connectivity index (χ1) is 9.81. The lowest BCUT2D eigenvalue weighted by molar-refractivity contribution is 0.0696. The molecule has 0 saturated heterocycles. The van der Waals surface area contributed by atoms with Gasteiger partial charge in [0.05, 0.1) is 17.0 Å². The van der Waals surface area contributed by atoms with E-state index in [9.17, 15) is 13.2 Å². The standard InChI is InChI=1S/C12H14N4O4S/c1-7-3-8(2)10(4-9(7)12(17)18)21(19,20)15-5-11-13-6-14-16-11/h3-4,6,15H,5H2,1-2H3,(H,17,18)(H,13,14,16). The third kappa shape index (κ3) is 3.26. The number of aromatic carboxylic acids is 1. The van der Waals surface area contributed by atoms with Crippen LogP contribution in [0.5, 0.6) is 0 Å².